The van der Waals surface area contributed by atoms with E-state index >= 15 is 0 Å². The largest absolute Gasteiger partial charge is 0.434 e. The standard InChI is InChI=1S/C13H14N4O3/c1-10(18)15-11-3-5-12(6-4-11)20-13(19)17-8-2-7-16(17)9-14/h3-6H,2,7-8H2,1H3,(H,15,18). The molecule has 7 nitrogen and oxygen atoms in total. The summed E-state index contributed by atoms with van der Waals surface area (Å²) in [7, 11) is 0. The summed E-state index contributed by atoms with van der Waals surface area (Å²) in [6.07, 6.45) is 2.08. The number of anilines is 1. The maximum atomic E-state index is 11.9. The lowest BCUT2D eigenvalue weighted by atomic mass is 10.3. The molecule has 1 aliphatic rings. The quantitative estimate of drug-likeness (QED) is 0.827. The average Bonchev–Trinajstić information content (AvgIpc) is 2.89. The highest BCUT2D eigenvalue weighted by molar-refractivity contribution is 5.88. The van der Waals surface area contributed by atoms with Crippen molar-refractivity contribution in [2.24, 2.45) is 0 Å². The van der Waals surface area contributed by atoms with Gasteiger partial charge in [-0.05, 0) is 30.7 Å². The van der Waals surface area contributed by atoms with Crippen LogP contribution in [0, 0.1) is 11.5 Å². The Hall–Kier alpha value is -2.75. The number of nitriles is 1. The van der Waals surface area contributed by atoms with Crippen molar-refractivity contribution in [3.05, 3.63) is 24.3 Å². The van der Waals surface area contributed by atoms with Crippen molar-refractivity contribution in [3.8, 4) is 11.9 Å². The number of carbonyl (C=O) groups is 2. The van der Waals surface area contributed by atoms with Crippen molar-refractivity contribution in [2.45, 2.75) is 13.3 Å². The van der Waals surface area contributed by atoms with E-state index in [4.69, 9.17) is 10.00 Å². The zero-order chi connectivity index (χ0) is 14.5. The van der Waals surface area contributed by atoms with Gasteiger partial charge in [0, 0.05) is 19.2 Å². The summed E-state index contributed by atoms with van der Waals surface area (Å²) in [5.41, 5.74) is 0.622. The smallest absolute Gasteiger partial charge is 0.409 e. The molecule has 1 fully saturated rings. The molecule has 2 rings (SSSR count). The number of carbonyl (C=O) groups excluding carboxylic acids is 2. The first-order valence-corrected chi connectivity index (χ1v) is 6.14. The molecule has 0 aromatic heterocycles. The van der Waals surface area contributed by atoms with Gasteiger partial charge in [-0.2, -0.15) is 5.26 Å². The lowest BCUT2D eigenvalue weighted by Gasteiger charge is -2.21. The van der Waals surface area contributed by atoms with Crippen molar-refractivity contribution in [2.75, 3.05) is 18.4 Å². The van der Waals surface area contributed by atoms with E-state index in [-0.39, 0.29) is 5.91 Å². The van der Waals surface area contributed by atoms with E-state index in [0.29, 0.717) is 24.5 Å². The molecule has 1 saturated heterocycles. The first kappa shape index (κ1) is 13.7. The van der Waals surface area contributed by atoms with Crippen molar-refractivity contribution < 1.29 is 14.3 Å². The van der Waals surface area contributed by atoms with Crippen LogP contribution in [0.25, 0.3) is 0 Å². The number of rotatable bonds is 2. The zero-order valence-corrected chi connectivity index (χ0v) is 11.0. The Kier molecular flexibility index (Phi) is 4.05. The number of nitrogens with one attached hydrogen (secondary N) is 1. The van der Waals surface area contributed by atoms with Crippen LogP contribution in [0.2, 0.25) is 0 Å². The van der Waals surface area contributed by atoms with Crippen LogP contribution in [0.5, 0.6) is 5.75 Å². The summed E-state index contributed by atoms with van der Waals surface area (Å²) in [6.45, 7) is 2.40. The highest BCUT2D eigenvalue weighted by Gasteiger charge is 2.27. The maximum Gasteiger partial charge on any atom is 0.434 e. The highest BCUT2D eigenvalue weighted by Crippen LogP contribution is 2.18. The number of ether oxygens (including phenoxy) is 1. The average molecular weight is 274 g/mol. The second kappa shape index (κ2) is 5.93. The van der Waals surface area contributed by atoms with E-state index < -0.39 is 6.09 Å². The molecule has 104 valence electrons. The normalized spacial score (nSPS) is 13.8. The molecule has 0 atom stereocenters. The molecule has 0 spiro atoms. The molecule has 1 heterocycles. The van der Waals surface area contributed by atoms with Gasteiger partial charge in [0.15, 0.2) is 6.19 Å². The minimum Gasteiger partial charge on any atom is -0.409 e. The summed E-state index contributed by atoms with van der Waals surface area (Å²) in [5, 5.41) is 14.0. The van der Waals surface area contributed by atoms with Gasteiger partial charge in [-0.3, -0.25) is 4.79 Å². The minimum atomic E-state index is -0.587. The van der Waals surface area contributed by atoms with Gasteiger partial charge in [0.1, 0.15) is 5.75 Å². The molecular weight excluding hydrogens is 260 g/mol. The highest BCUT2D eigenvalue weighted by atomic mass is 16.6. The van der Waals surface area contributed by atoms with Crippen LogP contribution in [0.4, 0.5) is 10.5 Å². The Morgan fingerprint density at radius 1 is 1.30 bits per heavy atom. The molecule has 1 aromatic carbocycles. The van der Waals surface area contributed by atoms with E-state index in [1.54, 1.807) is 24.3 Å². The van der Waals surface area contributed by atoms with E-state index in [1.165, 1.54) is 16.9 Å². The molecule has 0 saturated carbocycles. The molecule has 1 aliphatic heterocycles. The molecular formula is C13H14N4O3. The second-order valence-electron chi connectivity index (χ2n) is 4.27. The molecule has 0 bridgehead atoms. The third-order valence-corrected chi connectivity index (χ3v) is 2.74. The summed E-state index contributed by atoms with van der Waals surface area (Å²) in [6, 6.07) is 6.43. The fourth-order valence-corrected chi connectivity index (χ4v) is 1.87. The van der Waals surface area contributed by atoms with Gasteiger partial charge in [0.25, 0.3) is 0 Å². The predicted molar refractivity (Wildman–Crippen MR) is 70.4 cm³/mol. The fourth-order valence-electron chi connectivity index (χ4n) is 1.87. The lowest BCUT2D eigenvalue weighted by Crippen LogP contribution is -2.40. The SMILES string of the molecule is CC(=O)Nc1ccc(OC(=O)N2CCCN2C#N)cc1. The topological polar surface area (TPSA) is 85.7 Å². The second-order valence-corrected chi connectivity index (χ2v) is 4.27. The Balaban J connectivity index is 1.98. The van der Waals surface area contributed by atoms with Crippen molar-refractivity contribution in [1.29, 1.82) is 5.26 Å². The van der Waals surface area contributed by atoms with E-state index in [0.717, 1.165) is 6.42 Å². The number of hydrogen-bond donors (Lipinski definition) is 1. The number of hydrogen-bond acceptors (Lipinski definition) is 5. The molecule has 0 unspecified atom stereocenters. The van der Waals surface area contributed by atoms with Crippen LogP contribution in [-0.2, 0) is 4.79 Å². The Morgan fingerprint density at radius 3 is 2.60 bits per heavy atom. The van der Waals surface area contributed by atoms with E-state index in [2.05, 4.69) is 5.32 Å². The van der Waals surface area contributed by atoms with Crippen LogP contribution in [0.1, 0.15) is 13.3 Å². The van der Waals surface area contributed by atoms with Gasteiger partial charge in [-0.25, -0.2) is 14.8 Å². The third kappa shape index (κ3) is 3.17. The van der Waals surface area contributed by atoms with Gasteiger partial charge in [-0.15, -0.1) is 0 Å². The summed E-state index contributed by atoms with van der Waals surface area (Å²) < 4.78 is 5.17. The van der Waals surface area contributed by atoms with Gasteiger partial charge >= 0.3 is 6.09 Å². The van der Waals surface area contributed by atoms with Gasteiger partial charge in [-0.1, -0.05) is 0 Å². The predicted octanol–water partition coefficient (Wildman–Crippen LogP) is 1.55. The van der Waals surface area contributed by atoms with Crippen LogP contribution < -0.4 is 10.1 Å². The Bertz CT molecular complexity index is 550. The summed E-state index contributed by atoms with van der Waals surface area (Å²) in [5.74, 6) is 0.186. The van der Waals surface area contributed by atoms with Crippen molar-refractivity contribution >= 4 is 17.7 Å². The summed E-state index contributed by atoms with van der Waals surface area (Å²) >= 11 is 0. The minimum absolute atomic E-state index is 0.170. The van der Waals surface area contributed by atoms with Crippen LogP contribution in [-0.4, -0.2) is 35.1 Å². The number of amides is 2. The van der Waals surface area contributed by atoms with Gasteiger partial charge < -0.3 is 10.1 Å². The van der Waals surface area contributed by atoms with Gasteiger partial charge in [0.2, 0.25) is 5.91 Å². The molecule has 20 heavy (non-hydrogen) atoms. The molecule has 1 aromatic rings. The number of hydrazine groups is 1. The number of nitrogens with zero attached hydrogens (tertiary/aromatic N) is 3. The van der Waals surface area contributed by atoms with Crippen molar-refractivity contribution in [3.63, 3.8) is 0 Å². The molecule has 0 radical (unpaired) electrons. The molecule has 2 amide bonds. The number of benzene rings is 1. The van der Waals surface area contributed by atoms with Crippen LogP contribution in [0.3, 0.4) is 0 Å². The van der Waals surface area contributed by atoms with Crippen molar-refractivity contribution in [1.82, 2.24) is 10.0 Å². The van der Waals surface area contributed by atoms with E-state index in [9.17, 15) is 9.59 Å². The fraction of sp³-hybridized carbons (Fsp3) is 0.308. The Labute approximate surface area is 116 Å². The van der Waals surface area contributed by atoms with E-state index in [1.807, 2.05) is 6.19 Å². The third-order valence-electron chi connectivity index (χ3n) is 2.74. The monoisotopic (exact) mass is 274 g/mol. The van der Waals surface area contributed by atoms with Crippen LogP contribution >= 0.6 is 0 Å². The molecule has 0 aliphatic carbocycles. The zero-order valence-electron chi connectivity index (χ0n) is 11.0. The van der Waals surface area contributed by atoms with Gasteiger partial charge in [0.05, 0.1) is 6.54 Å². The molecule has 1 N–H and O–H groups in total. The maximum absolute atomic E-state index is 11.9. The lowest BCUT2D eigenvalue weighted by molar-refractivity contribution is -0.114. The Morgan fingerprint density at radius 2 is 2.00 bits per heavy atom. The first-order valence-electron chi connectivity index (χ1n) is 6.14. The summed E-state index contributed by atoms with van der Waals surface area (Å²) in [4.78, 5) is 22.8. The first-order chi connectivity index (χ1) is 9.60. The molecule has 7 heteroatoms. The van der Waals surface area contributed by atoms with Crippen LogP contribution in [0.15, 0.2) is 24.3 Å².